The predicted molar refractivity (Wildman–Crippen MR) is 88.6 cm³/mol. The number of nitrogens with one attached hydrogen (secondary N) is 2. The van der Waals surface area contributed by atoms with Crippen LogP contribution in [0.25, 0.3) is 0 Å². The smallest absolute Gasteiger partial charge is 0.255 e. The van der Waals surface area contributed by atoms with Crippen molar-refractivity contribution >= 4 is 11.8 Å². The van der Waals surface area contributed by atoms with Gasteiger partial charge in [-0.05, 0) is 36.8 Å². The first kappa shape index (κ1) is 16.5. The molecule has 0 aliphatic rings. The summed E-state index contributed by atoms with van der Waals surface area (Å²) < 4.78 is 5.46. The van der Waals surface area contributed by atoms with Gasteiger partial charge >= 0.3 is 0 Å². The normalized spacial score (nSPS) is 10.0. The Hall–Kier alpha value is -2.82. The lowest BCUT2D eigenvalue weighted by atomic mass is 10.1. The fourth-order valence-corrected chi connectivity index (χ4v) is 2.13. The van der Waals surface area contributed by atoms with Crippen LogP contribution >= 0.6 is 0 Å². The van der Waals surface area contributed by atoms with E-state index in [1.54, 1.807) is 37.4 Å². The molecule has 0 spiro atoms. The Kier molecular flexibility index (Phi) is 5.74. The first-order valence-corrected chi connectivity index (χ1v) is 7.46. The highest BCUT2D eigenvalue weighted by Crippen LogP contribution is 2.17. The molecule has 0 unspecified atom stereocenters. The molecular weight excluding hydrogens is 292 g/mol. The molecule has 2 amide bonds. The van der Waals surface area contributed by atoms with E-state index in [1.807, 2.05) is 25.1 Å². The Balaban J connectivity index is 2.00. The molecule has 0 bridgehead atoms. The van der Waals surface area contributed by atoms with Crippen LogP contribution in [0.2, 0.25) is 0 Å². The average Bonchev–Trinajstić information content (AvgIpc) is 2.60. The van der Waals surface area contributed by atoms with E-state index < -0.39 is 0 Å². The number of amides is 2. The Labute approximate surface area is 135 Å². The van der Waals surface area contributed by atoms with E-state index in [0.717, 1.165) is 5.56 Å². The molecule has 0 fully saturated rings. The third-order valence-electron chi connectivity index (χ3n) is 3.33. The van der Waals surface area contributed by atoms with Crippen LogP contribution in [0.4, 0.5) is 0 Å². The van der Waals surface area contributed by atoms with Gasteiger partial charge in [-0.2, -0.15) is 0 Å². The van der Waals surface area contributed by atoms with Crippen molar-refractivity contribution < 1.29 is 14.3 Å². The van der Waals surface area contributed by atoms with E-state index >= 15 is 0 Å². The number of para-hydroxylation sites is 1. The van der Waals surface area contributed by atoms with Crippen LogP contribution in [0.3, 0.4) is 0 Å². The van der Waals surface area contributed by atoms with E-state index in [9.17, 15) is 9.59 Å². The van der Waals surface area contributed by atoms with Crippen LogP contribution in [0.15, 0.2) is 48.5 Å². The quantitative estimate of drug-likeness (QED) is 0.860. The zero-order valence-corrected chi connectivity index (χ0v) is 13.3. The highest BCUT2D eigenvalue weighted by molar-refractivity contribution is 5.97. The summed E-state index contributed by atoms with van der Waals surface area (Å²) in [5.74, 6) is 0.248. The molecule has 0 aromatic heterocycles. The summed E-state index contributed by atoms with van der Waals surface area (Å²) in [4.78, 5) is 23.8. The van der Waals surface area contributed by atoms with Gasteiger partial charge in [-0.25, -0.2) is 0 Å². The molecular formula is C18H20N2O3. The van der Waals surface area contributed by atoms with Crippen molar-refractivity contribution in [2.75, 3.05) is 13.7 Å². The summed E-state index contributed by atoms with van der Waals surface area (Å²) in [5.41, 5.74) is 2.01. The zero-order chi connectivity index (χ0) is 16.7. The van der Waals surface area contributed by atoms with Crippen molar-refractivity contribution in [3.05, 3.63) is 65.2 Å². The van der Waals surface area contributed by atoms with Gasteiger partial charge in [0.15, 0.2) is 0 Å². The minimum Gasteiger partial charge on any atom is -0.493 e. The monoisotopic (exact) mass is 312 g/mol. The van der Waals surface area contributed by atoms with Crippen LogP contribution in [0.1, 0.15) is 33.2 Å². The third-order valence-corrected chi connectivity index (χ3v) is 3.33. The second-order valence-corrected chi connectivity index (χ2v) is 4.89. The van der Waals surface area contributed by atoms with Crippen molar-refractivity contribution in [2.24, 2.45) is 0 Å². The standard InChI is InChI=1S/C18H20N2O3/c1-3-23-16-7-5-4-6-15(16)18(22)20-12-13-8-10-14(11-9-13)17(21)19-2/h4-11H,3,12H2,1-2H3,(H,19,21)(H,20,22). The van der Waals surface area contributed by atoms with Crippen LogP contribution in [0, 0.1) is 0 Å². The van der Waals surface area contributed by atoms with Crippen molar-refractivity contribution in [3.8, 4) is 5.75 Å². The van der Waals surface area contributed by atoms with Gasteiger partial charge in [0.05, 0.1) is 12.2 Å². The number of rotatable bonds is 6. The van der Waals surface area contributed by atoms with E-state index in [0.29, 0.717) is 30.0 Å². The summed E-state index contributed by atoms with van der Waals surface area (Å²) in [6.07, 6.45) is 0. The largest absolute Gasteiger partial charge is 0.493 e. The second kappa shape index (κ2) is 7.98. The summed E-state index contributed by atoms with van der Waals surface area (Å²) in [5, 5.41) is 5.43. The second-order valence-electron chi connectivity index (χ2n) is 4.89. The molecule has 0 saturated carbocycles. The van der Waals surface area contributed by atoms with E-state index in [-0.39, 0.29) is 11.8 Å². The van der Waals surface area contributed by atoms with Crippen LogP contribution in [-0.2, 0) is 6.54 Å². The fraction of sp³-hybridized carbons (Fsp3) is 0.222. The first-order chi connectivity index (χ1) is 11.2. The lowest BCUT2D eigenvalue weighted by Crippen LogP contribution is -2.23. The molecule has 2 aromatic rings. The summed E-state index contributed by atoms with van der Waals surface area (Å²) in [6, 6.07) is 14.2. The average molecular weight is 312 g/mol. The van der Waals surface area contributed by atoms with Gasteiger partial charge in [0, 0.05) is 19.2 Å². The van der Waals surface area contributed by atoms with Crippen LogP contribution in [-0.4, -0.2) is 25.5 Å². The number of benzene rings is 2. The minimum absolute atomic E-state index is 0.133. The number of ether oxygens (including phenoxy) is 1. The maximum Gasteiger partial charge on any atom is 0.255 e. The summed E-state index contributed by atoms with van der Waals surface area (Å²) in [6.45, 7) is 2.77. The van der Waals surface area contributed by atoms with Crippen LogP contribution < -0.4 is 15.4 Å². The molecule has 2 N–H and O–H groups in total. The molecule has 0 saturated heterocycles. The highest BCUT2D eigenvalue weighted by Gasteiger charge is 2.11. The minimum atomic E-state index is -0.190. The lowest BCUT2D eigenvalue weighted by Gasteiger charge is -2.10. The molecule has 0 aliphatic heterocycles. The zero-order valence-electron chi connectivity index (χ0n) is 13.3. The third kappa shape index (κ3) is 4.32. The van der Waals surface area contributed by atoms with Gasteiger partial charge in [-0.1, -0.05) is 24.3 Å². The van der Waals surface area contributed by atoms with Crippen molar-refractivity contribution in [1.82, 2.24) is 10.6 Å². The molecule has 0 heterocycles. The number of carbonyl (C=O) groups is 2. The lowest BCUT2D eigenvalue weighted by molar-refractivity contribution is 0.0943. The van der Waals surface area contributed by atoms with Gasteiger partial charge < -0.3 is 15.4 Å². The van der Waals surface area contributed by atoms with Gasteiger partial charge in [0.1, 0.15) is 5.75 Å². The topological polar surface area (TPSA) is 67.4 Å². The van der Waals surface area contributed by atoms with Crippen molar-refractivity contribution in [1.29, 1.82) is 0 Å². The van der Waals surface area contributed by atoms with E-state index in [4.69, 9.17) is 4.74 Å². The van der Waals surface area contributed by atoms with E-state index in [2.05, 4.69) is 10.6 Å². The predicted octanol–water partition coefficient (Wildman–Crippen LogP) is 2.37. The summed E-state index contributed by atoms with van der Waals surface area (Å²) >= 11 is 0. The number of hydrogen-bond acceptors (Lipinski definition) is 3. The molecule has 5 heteroatoms. The molecule has 120 valence electrons. The Bertz CT molecular complexity index is 681. The van der Waals surface area contributed by atoms with Gasteiger partial charge in [0.2, 0.25) is 0 Å². The Morgan fingerprint density at radius 2 is 1.70 bits per heavy atom. The highest BCUT2D eigenvalue weighted by atomic mass is 16.5. The maximum absolute atomic E-state index is 12.3. The van der Waals surface area contributed by atoms with E-state index in [1.165, 1.54) is 0 Å². The number of hydrogen-bond donors (Lipinski definition) is 2. The molecule has 0 atom stereocenters. The molecule has 0 radical (unpaired) electrons. The fourth-order valence-electron chi connectivity index (χ4n) is 2.13. The molecule has 2 aromatic carbocycles. The first-order valence-electron chi connectivity index (χ1n) is 7.46. The molecule has 2 rings (SSSR count). The summed E-state index contributed by atoms with van der Waals surface area (Å²) in [7, 11) is 1.59. The molecule has 23 heavy (non-hydrogen) atoms. The molecule has 5 nitrogen and oxygen atoms in total. The van der Waals surface area contributed by atoms with Crippen molar-refractivity contribution in [2.45, 2.75) is 13.5 Å². The van der Waals surface area contributed by atoms with Crippen LogP contribution in [0.5, 0.6) is 5.75 Å². The number of carbonyl (C=O) groups excluding carboxylic acids is 2. The van der Waals surface area contributed by atoms with Gasteiger partial charge in [-0.3, -0.25) is 9.59 Å². The maximum atomic E-state index is 12.3. The van der Waals surface area contributed by atoms with Gasteiger partial charge in [0.25, 0.3) is 11.8 Å². The molecule has 0 aliphatic carbocycles. The Morgan fingerprint density at radius 1 is 1.00 bits per heavy atom. The van der Waals surface area contributed by atoms with Crippen molar-refractivity contribution in [3.63, 3.8) is 0 Å². The SMILES string of the molecule is CCOc1ccccc1C(=O)NCc1ccc(C(=O)NC)cc1. The van der Waals surface area contributed by atoms with Gasteiger partial charge in [-0.15, -0.1) is 0 Å². The Morgan fingerprint density at radius 3 is 2.35 bits per heavy atom.